The zero-order valence-electron chi connectivity index (χ0n) is 19.1. The summed E-state index contributed by atoms with van der Waals surface area (Å²) in [7, 11) is -5.13. The molecule has 0 unspecified atom stereocenters. The van der Waals surface area contributed by atoms with Crippen LogP contribution in [0, 0.1) is 0 Å². The van der Waals surface area contributed by atoms with Crippen LogP contribution >= 0.6 is 0 Å². The zero-order valence-corrected chi connectivity index (χ0v) is 21.1. The standard InChI is InChI=1S/C19H45NO6Si2/c1-7-21-27(22-8-2,23-9-3)17-13-15-19(20)16-14-18-28(24-10-4,25-11-5)26-12-6/h19H,7-18,20H2,1-6H3. The Morgan fingerprint density at radius 3 is 1.00 bits per heavy atom. The van der Waals surface area contributed by atoms with E-state index in [0.29, 0.717) is 39.6 Å². The molecule has 0 saturated heterocycles. The van der Waals surface area contributed by atoms with Gasteiger partial charge < -0.3 is 32.3 Å². The van der Waals surface area contributed by atoms with Gasteiger partial charge in [-0.3, -0.25) is 0 Å². The smallest absolute Gasteiger partial charge is 0.374 e. The van der Waals surface area contributed by atoms with Gasteiger partial charge >= 0.3 is 17.6 Å². The Labute approximate surface area is 175 Å². The van der Waals surface area contributed by atoms with E-state index in [1.54, 1.807) is 0 Å². The van der Waals surface area contributed by atoms with Crippen LogP contribution in [0.2, 0.25) is 12.1 Å². The third-order valence-corrected chi connectivity index (χ3v) is 10.6. The summed E-state index contributed by atoms with van der Waals surface area (Å²) in [5, 5.41) is 0. The first kappa shape index (κ1) is 28.2. The predicted molar refractivity (Wildman–Crippen MR) is 117 cm³/mol. The van der Waals surface area contributed by atoms with Crippen LogP contribution in [0.4, 0.5) is 0 Å². The first-order valence-corrected chi connectivity index (χ1v) is 14.9. The van der Waals surface area contributed by atoms with Gasteiger partial charge in [-0.25, -0.2) is 0 Å². The molecular weight excluding hydrogens is 394 g/mol. The fourth-order valence-corrected chi connectivity index (χ4v) is 8.59. The normalized spacial score (nSPS) is 12.9. The Kier molecular flexibility index (Phi) is 17.0. The Morgan fingerprint density at radius 1 is 0.536 bits per heavy atom. The summed E-state index contributed by atoms with van der Waals surface area (Å²) in [5.74, 6) is 0. The maximum absolute atomic E-state index is 6.36. The number of hydrogen-bond acceptors (Lipinski definition) is 7. The molecule has 0 aromatic rings. The average molecular weight is 440 g/mol. The molecule has 0 aliphatic carbocycles. The summed E-state index contributed by atoms with van der Waals surface area (Å²) < 4.78 is 35.5. The highest BCUT2D eigenvalue weighted by molar-refractivity contribution is 6.61. The van der Waals surface area contributed by atoms with Crippen LogP contribution in [0.25, 0.3) is 0 Å². The highest BCUT2D eigenvalue weighted by Crippen LogP contribution is 2.23. The maximum atomic E-state index is 6.36. The third kappa shape index (κ3) is 11.4. The van der Waals surface area contributed by atoms with E-state index in [4.69, 9.17) is 32.3 Å². The van der Waals surface area contributed by atoms with Gasteiger partial charge in [0.25, 0.3) is 0 Å². The van der Waals surface area contributed by atoms with Gasteiger partial charge in [-0.2, -0.15) is 0 Å². The minimum atomic E-state index is -2.56. The zero-order chi connectivity index (χ0) is 21.3. The van der Waals surface area contributed by atoms with Gasteiger partial charge in [-0.1, -0.05) is 0 Å². The summed E-state index contributed by atoms with van der Waals surface area (Å²) in [5.41, 5.74) is 6.36. The lowest BCUT2D eigenvalue weighted by Gasteiger charge is -2.29. The van der Waals surface area contributed by atoms with Gasteiger partial charge in [0.1, 0.15) is 0 Å². The van der Waals surface area contributed by atoms with E-state index in [1.165, 1.54) is 0 Å². The molecule has 0 radical (unpaired) electrons. The van der Waals surface area contributed by atoms with Crippen molar-refractivity contribution in [1.29, 1.82) is 0 Å². The maximum Gasteiger partial charge on any atom is 0.500 e. The molecule has 0 spiro atoms. The molecule has 0 aromatic carbocycles. The Hall–Kier alpha value is 0.154. The Balaban J connectivity index is 4.46. The lowest BCUT2D eigenvalue weighted by atomic mass is 10.1. The minimum Gasteiger partial charge on any atom is -0.374 e. The molecule has 0 aromatic heterocycles. The Bertz CT molecular complexity index is 299. The number of nitrogens with two attached hydrogens (primary N) is 1. The van der Waals surface area contributed by atoms with Gasteiger partial charge in [0.2, 0.25) is 0 Å². The number of rotatable bonds is 20. The quantitative estimate of drug-likeness (QED) is 0.287. The molecule has 0 heterocycles. The molecule has 9 heteroatoms. The second-order valence-corrected chi connectivity index (χ2v) is 12.0. The molecule has 0 atom stereocenters. The van der Waals surface area contributed by atoms with Crippen LogP contribution in [0.15, 0.2) is 0 Å². The van der Waals surface area contributed by atoms with Crippen LogP contribution in [0.3, 0.4) is 0 Å². The molecule has 28 heavy (non-hydrogen) atoms. The molecule has 0 bridgehead atoms. The van der Waals surface area contributed by atoms with Crippen molar-refractivity contribution < 1.29 is 26.6 Å². The van der Waals surface area contributed by atoms with Crippen molar-refractivity contribution >= 4 is 17.6 Å². The SMILES string of the molecule is CCO[Si](CCCC(N)CCC[Si](OCC)(OCC)OCC)(OCC)OCC. The molecule has 170 valence electrons. The first-order chi connectivity index (χ1) is 13.5. The molecule has 0 rings (SSSR count). The van der Waals surface area contributed by atoms with Gasteiger partial charge in [-0.05, 0) is 67.2 Å². The van der Waals surface area contributed by atoms with E-state index in [-0.39, 0.29) is 6.04 Å². The van der Waals surface area contributed by atoms with Gasteiger partial charge in [-0.15, -0.1) is 0 Å². The molecule has 0 aliphatic rings. The van der Waals surface area contributed by atoms with Crippen molar-refractivity contribution in [1.82, 2.24) is 0 Å². The van der Waals surface area contributed by atoms with Gasteiger partial charge in [0.05, 0.1) is 0 Å². The van der Waals surface area contributed by atoms with E-state index in [1.807, 2.05) is 41.5 Å². The second-order valence-electron chi connectivity index (χ2n) is 6.51. The summed E-state index contributed by atoms with van der Waals surface area (Å²) in [6, 6.07) is 1.76. The monoisotopic (exact) mass is 439 g/mol. The van der Waals surface area contributed by atoms with Crippen LogP contribution in [-0.4, -0.2) is 63.3 Å². The average Bonchev–Trinajstić information content (AvgIpc) is 2.63. The molecular formula is C19H45NO6Si2. The molecule has 0 amide bonds. The van der Waals surface area contributed by atoms with E-state index in [2.05, 4.69) is 0 Å². The molecule has 0 fully saturated rings. The van der Waals surface area contributed by atoms with Crippen molar-refractivity contribution in [3.8, 4) is 0 Å². The number of hydrogen-bond donors (Lipinski definition) is 1. The topological polar surface area (TPSA) is 81.4 Å². The third-order valence-electron chi connectivity index (χ3n) is 4.30. The van der Waals surface area contributed by atoms with Crippen molar-refractivity contribution in [2.75, 3.05) is 39.6 Å². The van der Waals surface area contributed by atoms with Crippen molar-refractivity contribution in [3.05, 3.63) is 0 Å². The van der Waals surface area contributed by atoms with Crippen molar-refractivity contribution in [2.24, 2.45) is 5.73 Å². The van der Waals surface area contributed by atoms with Gasteiger partial charge in [0, 0.05) is 57.8 Å². The van der Waals surface area contributed by atoms with Crippen LogP contribution in [0.5, 0.6) is 0 Å². The van der Waals surface area contributed by atoms with Crippen molar-refractivity contribution in [3.63, 3.8) is 0 Å². The molecule has 2 N–H and O–H groups in total. The summed E-state index contributed by atoms with van der Waals surface area (Å²) >= 11 is 0. The first-order valence-electron chi connectivity index (χ1n) is 11.1. The van der Waals surface area contributed by atoms with Gasteiger partial charge in [0.15, 0.2) is 0 Å². The van der Waals surface area contributed by atoms with E-state index >= 15 is 0 Å². The lowest BCUT2D eigenvalue weighted by Crippen LogP contribution is -2.46. The van der Waals surface area contributed by atoms with Crippen molar-refractivity contribution in [2.45, 2.75) is 85.4 Å². The summed E-state index contributed by atoms with van der Waals surface area (Å²) in [6.07, 6.45) is 3.74. The predicted octanol–water partition coefficient (Wildman–Crippen LogP) is 3.97. The highest BCUT2D eigenvalue weighted by atomic mass is 28.4. The van der Waals surface area contributed by atoms with Crippen LogP contribution in [-0.2, 0) is 26.6 Å². The second kappa shape index (κ2) is 16.9. The fourth-order valence-electron chi connectivity index (χ4n) is 3.31. The molecule has 0 saturated carbocycles. The summed E-state index contributed by atoms with van der Waals surface area (Å²) in [6.45, 7) is 15.5. The summed E-state index contributed by atoms with van der Waals surface area (Å²) in [4.78, 5) is 0. The Morgan fingerprint density at radius 2 is 0.786 bits per heavy atom. The van der Waals surface area contributed by atoms with E-state index < -0.39 is 17.6 Å². The molecule has 7 nitrogen and oxygen atoms in total. The van der Waals surface area contributed by atoms with Crippen LogP contribution < -0.4 is 5.73 Å². The van der Waals surface area contributed by atoms with E-state index in [0.717, 1.165) is 37.8 Å². The molecule has 0 aliphatic heterocycles. The lowest BCUT2D eigenvalue weighted by molar-refractivity contribution is 0.0703. The largest absolute Gasteiger partial charge is 0.500 e. The fraction of sp³-hybridized carbons (Fsp3) is 1.00. The van der Waals surface area contributed by atoms with Crippen LogP contribution in [0.1, 0.15) is 67.2 Å². The minimum absolute atomic E-state index is 0.133. The van der Waals surface area contributed by atoms with E-state index in [9.17, 15) is 0 Å². The highest BCUT2D eigenvalue weighted by Gasteiger charge is 2.41.